The van der Waals surface area contributed by atoms with E-state index in [1.165, 1.54) is 0 Å². The average Bonchev–Trinajstić information content (AvgIpc) is 2.04. The van der Waals surface area contributed by atoms with E-state index in [4.69, 9.17) is 0 Å². The van der Waals surface area contributed by atoms with Crippen molar-refractivity contribution < 1.29 is 22.0 Å². The molecule has 72 valence electrons. The summed E-state index contributed by atoms with van der Waals surface area (Å²) < 4.78 is 59.7. The molecular weight excluding hydrogens is 197 g/mol. The summed E-state index contributed by atoms with van der Waals surface area (Å²) >= 11 is 0. The van der Waals surface area contributed by atoms with E-state index in [2.05, 4.69) is 15.2 Å². The van der Waals surface area contributed by atoms with E-state index in [0.29, 0.717) is 6.20 Å². The Morgan fingerprint density at radius 2 is 1.62 bits per heavy atom. The molecule has 0 unspecified atom stereocenters. The van der Waals surface area contributed by atoms with Crippen molar-refractivity contribution in [3.8, 4) is 0 Å². The van der Waals surface area contributed by atoms with Crippen LogP contribution in [-0.4, -0.2) is 21.4 Å². The molecule has 0 radical (unpaired) electrons. The summed E-state index contributed by atoms with van der Waals surface area (Å²) in [6.07, 6.45) is -4.09. The fraction of sp³-hybridized carbons (Fsp3) is 0.400. The Labute approximate surface area is 68.6 Å². The summed E-state index contributed by atoms with van der Waals surface area (Å²) in [5, 5.41) is 5.46. The highest BCUT2D eigenvalue weighted by Crippen LogP contribution is 2.41. The van der Waals surface area contributed by atoms with Crippen molar-refractivity contribution in [1.29, 1.82) is 0 Å². The Hall–Kier alpha value is -1.34. The Bertz CT molecular complexity index is 282. The van der Waals surface area contributed by atoms with Gasteiger partial charge < -0.3 is 0 Å². The third-order valence-electron chi connectivity index (χ3n) is 1.12. The zero-order valence-corrected chi connectivity index (χ0v) is 5.89. The van der Waals surface area contributed by atoms with Crippen LogP contribution in [0.1, 0.15) is 5.82 Å². The zero-order valence-electron chi connectivity index (χ0n) is 5.89. The zero-order chi connectivity index (χ0) is 10.1. The fourth-order valence-electron chi connectivity index (χ4n) is 0.518. The molecule has 0 bridgehead atoms. The number of nitrogens with zero attached hydrogens (tertiary/aromatic N) is 3. The predicted octanol–water partition coefficient (Wildman–Crippen LogP) is 1.53. The van der Waals surface area contributed by atoms with Crippen molar-refractivity contribution in [1.82, 2.24) is 15.2 Å². The second-order valence-electron chi connectivity index (χ2n) is 2.04. The van der Waals surface area contributed by atoms with Crippen LogP contribution in [0.2, 0.25) is 0 Å². The first-order valence-corrected chi connectivity index (χ1v) is 2.94. The van der Waals surface area contributed by atoms with Gasteiger partial charge in [-0.25, -0.2) is 4.98 Å². The van der Waals surface area contributed by atoms with E-state index in [9.17, 15) is 22.0 Å². The smallest absolute Gasteiger partial charge is 0.232 e. The molecule has 0 N–H and O–H groups in total. The number of hydrogen-bond donors (Lipinski definition) is 0. The Morgan fingerprint density at radius 1 is 1.00 bits per heavy atom. The van der Waals surface area contributed by atoms with Gasteiger partial charge in [0.25, 0.3) is 0 Å². The minimum Gasteiger partial charge on any atom is -0.232 e. The summed E-state index contributed by atoms with van der Waals surface area (Å²) in [5.41, 5.74) is 0. The molecule has 0 aliphatic carbocycles. The van der Waals surface area contributed by atoms with Gasteiger partial charge in [-0.3, -0.25) is 0 Å². The van der Waals surface area contributed by atoms with Crippen LogP contribution in [0.3, 0.4) is 0 Å². The van der Waals surface area contributed by atoms with Crippen LogP contribution in [-0.2, 0) is 5.92 Å². The number of halogens is 5. The van der Waals surface area contributed by atoms with Gasteiger partial charge in [-0.1, -0.05) is 0 Å². The monoisotopic (exact) mass is 199 g/mol. The van der Waals surface area contributed by atoms with E-state index in [1.54, 1.807) is 0 Å². The van der Waals surface area contributed by atoms with Crippen LogP contribution in [0.25, 0.3) is 0 Å². The molecule has 0 aromatic carbocycles. The third kappa shape index (κ3) is 1.70. The van der Waals surface area contributed by atoms with Gasteiger partial charge >= 0.3 is 12.1 Å². The predicted molar refractivity (Wildman–Crippen MR) is 29.8 cm³/mol. The highest BCUT2D eigenvalue weighted by atomic mass is 19.4. The van der Waals surface area contributed by atoms with Gasteiger partial charge in [0.1, 0.15) is 0 Å². The lowest BCUT2D eigenvalue weighted by molar-refractivity contribution is -0.292. The lowest BCUT2D eigenvalue weighted by Crippen LogP contribution is -2.35. The van der Waals surface area contributed by atoms with Gasteiger partial charge in [0, 0.05) is 6.20 Å². The maximum Gasteiger partial charge on any atom is 0.461 e. The van der Waals surface area contributed by atoms with E-state index in [0.717, 1.165) is 6.20 Å². The van der Waals surface area contributed by atoms with Crippen LogP contribution >= 0.6 is 0 Å². The van der Waals surface area contributed by atoms with E-state index in [-0.39, 0.29) is 0 Å². The maximum absolute atomic E-state index is 12.4. The molecule has 3 nitrogen and oxygen atoms in total. The van der Waals surface area contributed by atoms with Gasteiger partial charge in [0.05, 0.1) is 6.20 Å². The van der Waals surface area contributed by atoms with Crippen LogP contribution in [0.4, 0.5) is 22.0 Å². The SMILES string of the molecule is FC(F)(F)C(F)(F)c1nccnn1. The van der Waals surface area contributed by atoms with Gasteiger partial charge in [-0.15, -0.1) is 5.10 Å². The molecule has 0 saturated carbocycles. The standard InChI is InChI=1S/C5H2F5N3/c6-4(7,5(8,9)10)3-11-1-2-12-13-3/h1-2H. The van der Waals surface area contributed by atoms with Crippen molar-refractivity contribution in [3.05, 3.63) is 18.2 Å². The Morgan fingerprint density at radius 3 is 2.00 bits per heavy atom. The first-order valence-electron chi connectivity index (χ1n) is 2.94. The van der Waals surface area contributed by atoms with Crippen molar-refractivity contribution >= 4 is 0 Å². The second kappa shape index (κ2) is 2.86. The molecule has 0 fully saturated rings. The molecule has 0 aliphatic heterocycles. The molecule has 8 heteroatoms. The molecule has 0 atom stereocenters. The highest BCUT2D eigenvalue weighted by Gasteiger charge is 2.61. The van der Waals surface area contributed by atoms with Crippen LogP contribution in [0.15, 0.2) is 12.4 Å². The summed E-state index contributed by atoms with van der Waals surface area (Å²) in [4.78, 5) is 2.77. The minimum atomic E-state index is -5.70. The first kappa shape index (κ1) is 9.75. The summed E-state index contributed by atoms with van der Waals surface area (Å²) in [6.45, 7) is 0. The summed E-state index contributed by atoms with van der Waals surface area (Å²) in [5.74, 6) is -6.70. The highest BCUT2D eigenvalue weighted by molar-refractivity contribution is 4.97. The Kier molecular flexibility index (Phi) is 2.14. The number of aromatic nitrogens is 3. The molecule has 1 aromatic heterocycles. The van der Waals surface area contributed by atoms with Crippen molar-refractivity contribution in [3.63, 3.8) is 0 Å². The molecule has 1 rings (SSSR count). The first-order chi connectivity index (χ1) is 5.86. The Balaban J connectivity index is 3.08. The molecule has 0 amide bonds. The van der Waals surface area contributed by atoms with Gasteiger partial charge in [-0.2, -0.15) is 27.1 Å². The van der Waals surface area contributed by atoms with E-state index < -0.39 is 17.9 Å². The van der Waals surface area contributed by atoms with Gasteiger partial charge in [0.15, 0.2) is 0 Å². The van der Waals surface area contributed by atoms with Crippen molar-refractivity contribution in [2.24, 2.45) is 0 Å². The number of hydrogen-bond acceptors (Lipinski definition) is 3. The van der Waals surface area contributed by atoms with Crippen LogP contribution in [0.5, 0.6) is 0 Å². The number of rotatable bonds is 1. The molecule has 0 aliphatic rings. The van der Waals surface area contributed by atoms with Crippen molar-refractivity contribution in [2.45, 2.75) is 12.1 Å². The average molecular weight is 199 g/mol. The molecule has 0 spiro atoms. The lowest BCUT2D eigenvalue weighted by Gasteiger charge is -2.16. The van der Waals surface area contributed by atoms with Gasteiger partial charge in [-0.05, 0) is 0 Å². The van der Waals surface area contributed by atoms with E-state index in [1.807, 2.05) is 0 Å². The third-order valence-corrected chi connectivity index (χ3v) is 1.12. The molecule has 1 heterocycles. The minimum absolute atomic E-state index is 0.710. The largest absolute Gasteiger partial charge is 0.461 e. The maximum atomic E-state index is 12.4. The van der Waals surface area contributed by atoms with Crippen LogP contribution < -0.4 is 0 Å². The van der Waals surface area contributed by atoms with Crippen molar-refractivity contribution in [2.75, 3.05) is 0 Å². The lowest BCUT2D eigenvalue weighted by atomic mass is 10.3. The fourth-order valence-corrected chi connectivity index (χ4v) is 0.518. The second-order valence-corrected chi connectivity index (χ2v) is 2.04. The van der Waals surface area contributed by atoms with E-state index >= 15 is 0 Å². The molecule has 13 heavy (non-hydrogen) atoms. The van der Waals surface area contributed by atoms with Crippen LogP contribution in [0, 0.1) is 0 Å². The quantitative estimate of drug-likeness (QED) is 0.643. The topological polar surface area (TPSA) is 38.7 Å². The molecular formula is C5H2F5N3. The number of alkyl halides is 5. The summed E-state index contributed by atoms with van der Waals surface area (Å²) in [7, 11) is 0. The normalized spacial score (nSPS) is 13.0. The molecule has 0 saturated heterocycles. The summed E-state index contributed by atoms with van der Waals surface area (Å²) in [6, 6.07) is 0. The van der Waals surface area contributed by atoms with Gasteiger partial charge in [0.2, 0.25) is 5.82 Å². The molecule has 1 aromatic rings.